The average molecular weight is 394 g/mol. The Bertz CT molecular complexity index is 1040. The maximum Gasteiger partial charge on any atom is 0.252 e. The van der Waals surface area contributed by atoms with E-state index in [1.807, 2.05) is 10.9 Å². The van der Waals surface area contributed by atoms with Gasteiger partial charge in [0, 0.05) is 16.6 Å². The quantitative estimate of drug-likeness (QED) is 0.661. The molecule has 4 rings (SSSR count). The number of carbonyl (C=O) groups excluding carboxylic acids is 2. The highest BCUT2D eigenvalue weighted by atomic mass is 32.1. The molecule has 0 spiro atoms. The van der Waals surface area contributed by atoms with Crippen molar-refractivity contribution in [2.75, 3.05) is 0 Å². The highest BCUT2D eigenvalue weighted by molar-refractivity contribution is 7.12. The van der Waals surface area contributed by atoms with E-state index in [2.05, 4.69) is 42.5 Å². The number of thiophene rings is 1. The highest BCUT2D eigenvalue weighted by Gasteiger charge is 2.27. The van der Waals surface area contributed by atoms with Gasteiger partial charge in [-0.1, -0.05) is 6.07 Å². The first-order valence-electron chi connectivity index (χ1n) is 9.48. The van der Waals surface area contributed by atoms with Crippen LogP contribution in [-0.4, -0.2) is 21.5 Å². The van der Waals surface area contributed by atoms with Crippen LogP contribution in [0.25, 0.3) is 5.69 Å². The number of Topliss-reactive ketones (excluding diaryl/α,β-unsaturated/α-hetero) is 1. The number of fused-ring (bicyclic) bond motifs is 1. The van der Waals surface area contributed by atoms with Crippen LogP contribution in [0, 0.1) is 13.8 Å². The van der Waals surface area contributed by atoms with Gasteiger partial charge in [0.2, 0.25) is 0 Å². The fourth-order valence-corrected chi connectivity index (χ4v) is 4.67. The Hall–Kier alpha value is -2.73. The lowest BCUT2D eigenvalue weighted by atomic mass is 9.92. The number of rotatable bonds is 4. The largest absolute Gasteiger partial charge is 0.345 e. The van der Waals surface area contributed by atoms with Gasteiger partial charge in [-0.2, -0.15) is 5.10 Å². The summed E-state index contributed by atoms with van der Waals surface area (Å²) in [6.07, 6.45) is 4.71. The molecule has 1 N–H and O–H groups in total. The number of ketones is 1. The molecule has 0 radical (unpaired) electrons. The molecule has 5 nitrogen and oxygen atoms in total. The Morgan fingerprint density at radius 1 is 1.18 bits per heavy atom. The van der Waals surface area contributed by atoms with E-state index in [4.69, 9.17) is 0 Å². The summed E-state index contributed by atoms with van der Waals surface area (Å²) in [6, 6.07) is 8.04. The van der Waals surface area contributed by atoms with Gasteiger partial charge in [0.15, 0.2) is 5.78 Å². The number of nitrogens with one attached hydrogen (secondary N) is 1. The molecule has 6 heteroatoms. The van der Waals surface area contributed by atoms with Crippen LogP contribution >= 0.6 is 11.3 Å². The molecule has 1 aromatic carbocycles. The molecule has 3 aromatic rings. The average Bonchev–Trinajstić information content (AvgIpc) is 3.29. The van der Waals surface area contributed by atoms with Crippen LogP contribution in [0.4, 0.5) is 0 Å². The molecule has 0 unspecified atom stereocenters. The normalized spacial score (nSPS) is 15.9. The van der Waals surface area contributed by atoms with Gasteiger partial charge >= 0.3 is 0 Å². The molecule has 144 valence electrons. The van der Waals surface area contributed by atoms with Crippen molar-refractivity contribution < 1.29 is 9.59 Å². The first-order valence-corrected chi connectivity index (χ1v) is 10.4. The molecule has 0 fully saturated rings. The van der Waals surface area contributed by atoms with Crippen molar-refractivity contribution in [3.8, 4) is 5.69 Å². The lowest BCUT2D eigenvalue weighted by Crippen LogP contribution is -2.30. The van der Waals surface area contributed by atoms with E-state index in [-0.39, 0.29) is 17.7 Å². The van der Waals surface area contributed by atoms with Crippen LogP contribution in [0.15, 0.2) is 35.8 Å². The minimum atomic E-state index is -0.138. The molecule has 1 aliphatic carbocycles. The molecule has 0 saturated heterocycles. The summed E-state index contributed by atoms with van der Waals surface area (Å²) in [5, 5.41) is 9.51. The first kappa shape index (κ1) is 18.6. The van der Waals surface area contributed by atoms with Gasteiger partial charge in [0.1, 0.15) is 0 Å². The topological polar surface area (TPSA) is 64.0 Å². The van der Waals surface area contributed by atoms with Gasteiger partial charge in [0.05, 0.1) is 28.4 Å². The zero-order chi connectivity index (χ0) is 19.8. The lowest BCUT2D eigenvalue weighted by Gasteiger charge is -2.24. The molecule has 1 amide bonds. The second-order valence-corrected chi connectivity index (χ2v) is 8.39. The van der Waals surface area contributed by atoms with E-state index in [9.17, 15) is 9.59 Å². The zero-order valence-electron chi connectivity index (χ0n) is 16.3. The fraction of sp³-hybridized carbons (Fsp3) is 0.318. The third-order valence-electron chi connectivity index (χ3n) is 5.15. The van der Waals surface area contributed by atoms with Crippen LogP contribution in [0.1, 0.15) is 68.2 Å². The summed E-state index contributed by atoms with van der Waals surface area (Å²) in [6.45, 7) is 5.69. The number of amides is 1. The van der Waals surface area contributed by atoms with E-state index in [1.54, 1.807) is 11.4 Å². The minimum absolute atomic E-state index is 0.0151. The number of benzene rings is 1. The highest BCUT2D eigenvalue weighted by Crippen LogP contribution is 2.32. The van der Waals surface area contributed by atoms with Gasteiger partial charge in [-0.15, -0.1) is 11.3 Å². The van der Waals surface area contributed by atoms with Crippen LogP contribution in [0.3, 0.4) is 0 Å². The van der Waals surface area contributed by atoms with Crippen LogP contribution in [0.2, 0.25) is 0 Å². The Labute approximate surface area is 168 Å². The summed E-state index contributed by atoms with van der Waals surface area (Å²) in [7, 11) is 0. The van der Waals surface area contributed by atoms with Crippen molar-refractivity contribution >= 4 is 23.0 Å². The predicted octanol–water partition coefficient (Wildman–Crippen LogP) is 4.56. The van der Waals surface area contributed by atoms with Crippen LogP contribution in [-0.2, 0) is 6.42 Å². The first-order chi connectivity index (χ1) is 13.4. The maximum absolute atomic E-state index is 12.7. The summed E-state index contributed by atoms with van der Waals surface area (Å²) >= 11 is 1.31. The number of aryl methyl sites for hydroxylation is 2. The molecule has 0 aliphatic heterocycles. The van der Waals surface area contributed by atoms with Crippen LogP contribution < -0.4 is 5.32 Å². The molecule has 1 atom stereocenters. The molecule has 0 saturated carbocycles. The third-order valence-corrected chi connectivity index (χ3v) is 6.18. The van der Waals surface area contributed by atoms with Crippen molar-refractivity contribution in [3.05, 3.63) is 68.7 Å². The number of hydrogen-bond donors (Lipinski definition) is 1. The minimum Gasteiger partial charge on any atom is -0.345 e. The van der Waals surface area contributed by atoms with E-state index >= 15 is 0 Å². The van der Waals surface area contributed by atoms with Gasteiger partial charge in [-0.3, -0.25) is 9.59 Å². The van der Waals surface area contributed by atoms with E-state index in [1.165, 1.54) is 29.4 Å². The van der Waals surface area contributed by atoms with Gasteiger partial charge in [-0.25, -0.2) is 4.68 Å². The molecular weight excluding hydrogens is 370 g/mol. The van der Waals surface area contributed by atoms with Crippen molar-refractivity contribution in [1.82, 2.24) is 15.1 Å². The second-order valence-electron chi connectivity index (χ2n) is 7.48. The molecular formula is C22H23N3O2S. The van der Waals surface area contributed by atoms with Crippen molar-refractivity contribution in [3.63, 3.8) is 0 Å². The Balaban J connectivity index is 1.60. The summed E-state index contributed by atoms with van der Waals surface area (Å²) in [4.78, 5) is 24.8. The number of carbonyl (C=O) groups is 2. The number of hydrogen-bond acceptors (Lipinski definition) is 4. The van der Waals surface area contributed by atoms with E-state index < -0.39 is 0 Å². The molecule has 2 heterocycles. The molecule has 0 bridgehead atoms. The van der Waals surface area contributed by atoms with Gasteiger partial charge < -0.3 is 5.32 Å². The van der Waals surface area contributed by atoms with Crippen molar-refractivity contribution in [1.29, 1.82) is 0 Å². The zero-order valence-corrected chi connectivity index (χ0v) is 17.1. The van der Waals surface area contributed by atoms with Gasteiger partial charge in [-0.05, 0) is 69.4 Å². The number of nitrogens with zero attached hydrogens (tertiary/aromatic N) is 2. The Morgan fingerprint density at radius 3 is 2.61 bits per heavy atom. The van der Waals surface area contributed by atoms with Crippen molar-refractivity contribution in [2.24, 2.45) is 0 Å². The third kappa shape index (κ3) is 3.52. The fourth-order valence-electron chi connectivity index (χ4n) is 3.88. The van der Waals surface area contributed by atoms with Crippen LogP contribution in [0.5, 0.6) is 0 Å². The lowest BCUT2D eigenvalue weighted by molar-refractivity contribution is 0.0933. The van der Waals surface area contributed by atoms with Gasteiger partial charge in [0.25, 0.3) is 5.91 Å². The SMILES string of the molecule is CC(=O)c1cc(C(=O)N[C@H]2CCCc3c2cnn3-c2cc(C)cc(C)c2)cs1. The number of aromatic nitrogens is 2. The summed E-state index contributed by atoms with van der Waals surface area (Å²) in [5.74, 6) is -0.153. The molecule has 1 aliphatic rings. The summed E-state index contributed by atoms with van der Waals surface area (Å²) < 4.78 is 2.01. The monoisotopic (exact) mass is 393 g/mol. The smallest absolute Gasteiger partial charge is 0.252 e. The van der Waals surface area contributed by atoms with E-state index in [0.717, 1.165) is 36.2 Å². The molecule has 2 aromatic heterocycles. The van der Waals surface area contributed by atoms with E-state index in [0.29, 0.717) is 10.4 Å². The van der Waals surface area contributed by atoms with Crippen molar-refractivity contribution in [2.45, 2.75) is 46.1 Å². The summed E-state index contributed by atoms with van der Waals surface area (Å²) in [5.41, 5.74) is 6.27. The Morgan fingerprint density at radius 2 is 1.93 bits per heavy atom. The second kappa shape index (κ2) is 7.36. The Kier molecular flexibility index (Phi) is 4.89. The standard InChI is InChI=1S/C22H23N3O2S/c1-13-7-14(2)9-17(8-13)25-20-6-4-5-19(18(20)11-23-25)24-22(27)16-10-21(15(3)26)28-12-16/h7-12,19H,4-6H2,1-3H3,(H,24,27)/t19-/m0/s1. The molecule has 28 heavy (non-hydrogen) atoms. The predicted molar refractivity (Wildman–Crippen MR) is 111 cm³/mol. The maximum atomic E-state index is 12.7.